The minimum Gasteiger partial charge on any atom is -0.354 e. The van der Waals surface area contributed by atoms with E-state index in [1.807, 2.05) is 19.3 Å². The molecule has 1 aliphatic rings. The number of rotatable bonds is 7. The number of likely N-dealkylation sites (N-methyl/N-ethyl adjacent to an activating group) is 1. The summed E-state index contributed by atoms with van der Waals surface area (Å²) in [6, 6.07) is 4.25. The van der Waals surface area contributed by atoms with Crippen LogP contribution in [0.3, 0.4) is 0 Å². The van der Waals surface area contributed by atoms with Crippen molar-refractivity contribution in [2.75, 3.05) is 58.8 Å². The Balaban J connectivity index is 0.00000338. The van der Waals surface area contributed by atoms with E-state index in [-0.39, 0.29) is 24.0 Å². The van der Waals surface area contributed by atoms with Gasteiger partial charge in [0.15, 0.2) is 5.96 Å². The number of aromatic nitrogens is 1. The highest BCUT2D eigenvalue weighted by Gasteiger charge is 2.15. The Kier molecular flexibility index (Phi) is 10.6. The molecule has 0 amide bonds. The van der Waals surface area contributed by atoms with E-state index in [9.17, 15) is 0 Å². The SMILES string of the molecule is C=CCCCN(C)C(=NC)NCc1ccnc(N2CCN(C)CC2)c1.I. The highest BCUT2D eigenvalue weighted by molar-refractivity contribution is 14.0. The predicted octanol–water partition coefficient (Wildman–Crippen LogP) is 2.42. The van der Waals surface area contributed by atoms with E-state index >= 15 is 0 Å². The fourth-order valence-corrected chi connectivity index (χ4v) is 2.92. The molecule has 0 radical (unpaired) electrons. The van der Waals surface area contributed by atoms with Gasteiger partial charge in [0, 0.05) is 59.6 Å². The third kappa shape index (κ3) is 7.11. The first kappa shape index (κ1) is 22.7. The van der Waals surface area contributed by atoms with E-state index < -0.39 is 0 Å². The quantitative estimate of drug-likeness (QED) is 0.217. The number of guanidine groups is 1. The monoisotopic (exact) mass is 472 g/mol. The van der Waals surface area contributed by atoms with Gasteiger partial charge in [-0.3, -0.25) is 4.99 Å². The first-order chi connectivity index (χ1) is 12.1. The maximum absolute atomic E-state index is 4.55. The summed E-state index contributed by atoms with van der Waals surface area (Å²) in [5, 5.41) is 3.45. The fourth-order valence-electron chi connectivity index (χ4n) is 2.92. The van der Waals surface area contributed by atoms with Gasteiger partial charge in [0.2, 0.25) is 0 Å². The zero-order valence-electron chi connectivity index (χ0n) is 16.3. The number of anilines is 1. The highest BCUT2D eigenvalue weighted by atomic mass is 127. The van der Waals surface area contributed by atoms with E-state index in [1.165, 1.54) is 5.56 Å². The topological polar surface area (TPSA) is 47.0 Å². The van der Waals surface area contributed by atoms with E-state index in [0.717, 1.165) is 63.9 Å². The molecule has 1 N–H and O–H groups in total. The maximum Gasteiger partial charge on any atom is 0.193 e. The molecule has 0 aliphatic carbocycles. The van der Waals surface area contributed by atoms with Crippen LogP contribution in [-0.4, -0.2) is 74.6 Å². The van der Waals surface area contributed by atoms with Gasteiger partial charge in [0.25, 0.3) is 0 Å². The average Bonchev–Trinajstić information content (AvgIpc) is 2.63. The van der Waals surface area contributed by atoms with Gasteiger partial charge in [-0.1, -0.05) is 6.08 Å². The molecule has 0 bridgehead atoms. The van der Waals surface area contributed by atoms with E-state index in [1.54, 1.807) is 0 Å². The molecule has 1 aromatic heterocycles. The molecule has 7 heteroatoms. The number of nitrogens with zero attached hydrogens (tertiary/aromatic N) is 5. The van der Waals surface area contributed by atoms with Crippen molar-refractivity contribution in [2.45, 2.75) is 19.4 Å². The number of allylic oxidation sites excluding steroid dienone is 1. The molecule has 0 aromatic carbocycles. The first-order valence-electron chi connectivity index (χ1n) is 9.05. The van der Waals surface area contributed by atoms with Crippen LogP contribution in [0, 0.1) is 0 Å². The zero-order chi connectivity index (χ0) is 18.1. The molecule has 0 atom stereocenters. The van der Waals surface area contributed by atoms with Gasteiger partial charge < -0.3 is 20.0 Å². The van der Waals surface area contributed by atoms with Crippen LogP contribution in [0.1, 0.15) is 18.4 Å². The first-order valence-corrected chi connectivity index (χ1v) is 9.05. The smallest absolute Gasteiger partial charge is 0.193 e. The zero-order valence-corrected chi connectivity index (χ0v) is 18.6. The summed E-state index contributed by atoms with van der Waals surface area (Å²) >= 11 is 0. The van der Waals surface area contributed by atoms with Crippen molar-refractivity contribution < 1.29 is 0 Å². The number of hydrogen-bond donors (Lipinski definition) is 1. The number of nitrogens with one attached hydrogen (secondary N) is 1. The molecule has 146 valence electrons. The largest absolute Gasteiger partial charge is 0.354 e. The lowest BCUT2D eigenvalue weighted by Gasteiger charge is -2.33. The van der Waals surface area contributed by atoms with Crippen molar-refractivity contribution in [3.05, 3.63) is 36.5 Å². The molecule has 0 spiro atoms. The summed E-state index contributed by atoms with van der Waals surface area (Å²) in [6.45, 7) is 9.74. The van der Waals surface area contributed by atoms with Crippen LogP contribution >= 0.6 is 24.0 Å². The third-order valence-corrected chi connectivity index (χ3v) is 4.56. The average molecular weight is 472 g/mol. The van der Waals surface area contributed by atoms with Crippen LogP contribution in [0.25, 0.3) is 0 Å². The minimum atomic E-state index is 0. The van der Waals surface area contributed by atoms with Crippen molar-refractivity contribution in [1.29, 1.82) is 0 Å². The molecule has 1 fully saturated rings. The Hall–Kier alpha value is -1.35. The van der Waals surface area contributed by atoms with Crippen LogP contribution in [0.5, 0.6) is 0 Å². The highest BCUT2D eigenvalue weighted by Crippen LogP contribution is 2.14. The summed E-state index contributed by atoms with van der Waals surface area (Å²) in [7, 11) is 6.07. The van der Waals surface area contributed by atoms with Crippen molar-refractivity contribution in [3.63, 3.8) is 0 Å². The number of unbranched alkanes of at least 4 members (excludes halogenated alkanes) is 1. The molecule has 1 aromatic rings. The molecule has 0 saturated carbocycles. The van der Waals surface area contributed by atoms with Crippen molar-refractivity contribution in [3.8, 4) is 0 Å². The van der Waals surface area contributed by atoms with Crippen molar-refractivity contribution >= 4 is 35.8 Å². The molecule has 1 aliphatic heterocycles. The van der Waals surface area contributed by atoms with Gasteiger partial charge in [0.05, 0.1) is 0 Å². The van der Waals surface area contributed by atoms with Gasteiger partial charge >= 0.3 is 0 Å². The van der Waals surface area contributed by atoms with E-state index in [2.05, 4.69) is 62.8 Å². The van der Waals surface area contributed by atoms with Crippen LogP contribution in [-0.2, 0) is 6.54 Å². The Labute approximate surface area is 175 Å². The standard InChI is InChI=1S/C19H32N6.HI/c1-5-6-7-10-24(4)19(20-2)22-16-17-8-9-21-18(15-17)25-13-11-23(3)12-14-25;/h5,8-9,15H,1,6-7,10-14,16H2,2-4H3,(H,20,22);1H. The maximum atomic E-state index is 4.55. The summed E-state index contributed by atoms with van der Waals surface area (Å²) in [6.07, 6.45) is 5.98. The number of halogens is 1. The minimum absolute atomic E-state index is 0. The molecule has 1 saturated heterocycles. The Morgan fingerprint density at radius 3 is 2.77 bits per heavy atom. The Morgan fingerprint density at radius 2 is 2.12 bits per heavy atom. The van der Waals surface area contributed by atoms with Gasteiger partial charge in [-0.2, -0.15) is 0 Å². The summed E-state index contributed by atoms with van der Waals surface area (Å²) in [5.74, 6) is 1.99. The van der Waals surface area contributed by atoms with Crippen LogP contribution in [0.4, 0.5) is 5.82 Å². The Morgan fingerprint density at radius 1 is 1.38 bits per heavy atom. The van der Waals surface area contributed by atoms with E-state index in [0.29, 0.717) is 0 Å². The number of piperazine rings is 1. The lowest BCUT2D eigenvalue weighted by atomic mass is 10.2. The fraction of sp³-hybridized carbons (Fsp3) is 0.579. The lowest BCUT2D eigenvalue weighted by Crippen LogP contribution is -2.44. The second kappa shape index (κ2) is 12.1. The summed E-state index contributed by atoms with van der Waals surface area (Å²) in [5.41, 5.74) is 1.23. The Bertz CT molecular complexity index is 569. The van der Waals surface area contributed by atoms with Gasteiger partial charge in [-0.25, -0.2) is 4.98 Å². The molecular weight excluding hydrogens is 439 g/mol. The van der Waals surface area contributed by atoms with Gasteiger partial charge in [-0.15, -0.1) is 30.6 Å². The van der Waals surface area contributed by atoms with Gasteiger partial charge in [0.1, 0.15) is 5.82 Å². The second-order valence-corrected chi connectivity index (χ2v) is 6.57. The third-order valence-electron chi connectivity index (χ3n) is 4.56. The number of aliphatic imine (C=N–C) groups is 1. The van der Waals surface area contributed by atoms with Crippen molar-refractivity contribution in [2.24, 2.45) is 4.99 Å². The molecule has 26 heavy (non-hydrogen) atoms. The van der Waals surface area contributed by atoms with Crippen LogP contribution < -0.4 is 10.2 Å². The molecule has 6 nitrogen and oxygen atoms in total. The van der Waals surface area contributed by atoms with E-state index in [4.69, 9.17) is 0 Å². The molecular formula is C19H33IN6. The van der Waals surface area contributed by atoms with Crippen LogP contribution in [0.2, 0.25) is 0 Å². The molecule has 2 rings (SSSR count). The predicted molar refractivity (Wildman–Crippen MR) is 122 cm³/mol. The summed E-state index contributed by atoms with van der Waals surface area (Å²) in [4.78, 5) is 15.8. The lowest BCUT2D eigenvalue weighted by molar-refractivity contribution is 0.312. The normalized spacial score (nSPS) is 15.3. The molecule has 2 heterocycles. The molecule has 0 unspecified atom stereocenters. The summed E-state index contributed by atoms with van der Waals surface area (Å²) < 4.78 is 0. The van der Waals surface area contributed by atoms with Crippen molar-refractivity contribution in [1.82, 2.24) is 20.1 Å². The number of hydrogen-bond acceptors (Lipinski definition) is 4. The van der Waals surface area contributed by atoms with Crippen LogP contribution in [0.15, 0.2) is 36.0 Å². The number of pyridine rings is 1. The second-order valence-electron chi connectivity index (χ2n) is 6.57. The van der Waals surface area contributed by atoms with Gasteiger partial charge in [-0.05, 0) is 37.6 Å².